The minimum atomic E-state index is -0.272. The molecule has 2 saturated heterocycles. The van der Waals surface area contributed by atoms with E-state index >= 15 is 0 Å². The van der Waals surface area contributed by atoms with Gasteiger partial charge in [0.25, 0.3) is 0 Å². The van der Waals surface area contributed by atoms with E-state index in [0.717, 1.165) is 50.3 Å². The number of nitriles is 1. The number of anilines is 1. The molecule has 5 rings (SSSR count). The Labute approximate surface area is 232 Å². The monoisotopic (exact) mass is 554 g/mol. The number of rotatable bonds is 7. The third-order valence-electron chi connectivity index (χ3n) is 8.03. The first-order valence-electron chi connectivity index (χ1n) is 13.2. The van der Waals surface area contributed by atoms with E-state index < -0.39 is 0 Å². The summed E-state index contributed by atoms with van der Waals surface area (Å²) in [6.07, 6.45) is 6.33. The van der Waals surface area contributed by atoms with E-state index in [9.17, 15) is 10.1 Å². The SMILES string of the molecule is CC1CN(c2cnc3c(C#N)nn(C(C)c4ccc(Cl)cc4Cl)c3n2)CCC1N1CCCC1CCC(N)=O. The lowest BCUT2D eigenvalue weighted by molar-refractivity contribution is -0.118. The van der Waals surface area contributed by atoms with Crippen LogP contribution in [-0.2, 0) is 4.79 Å². The molecule has 4 heterocycles. The first kappa shape index (κ1) is 26.7. The molecule has 2 fully saturated rings. The van der Waals surface area contributed by atoms with Crippen LogP contribution >= 0.6 is 23.2 Å². The highest BCUT2D eigenvalue weighted by Gasteiger charge is 2.37. The molecule has 200 valence electrons. The van der Waals surface area contributed by atoms with Crippen molar-refractivity contribution in [2.75, 3.05) is 24.5 Å². The van der Waals surface area contributed by atoms with Gasteiger partial charge in [0.2, 0.25) is 5.91 Å². The summed E-state index contributed by atoms with van der Waals surface area (Å²) in [4.78, 5) is 25.8. The normalized spacial score (nSPS) is 23.0. The molecule has 4 atom stereocenters. The number of halogens is 2. The van der Waals surface area contributed by atoms with Gasteiger partial charge in [0, 0.05) is 41.6 Å². The van der Waals surface area contributed by atoms with Gasteiger partial charge in [0.1, 0.15) is 17.4 Å². The van der Waals surface area contributed by atoms with Gasteiger partial charge in [-0.2, -0.15) is 10.4 Å². The molecular formula is C27H32Cl2N8O. The summed E-state index contributed by atoms with van der Waals surface area (Å²) in [6.45, 7) is 7.03. The fourth-order valence-corrected chi connectivity index (χ4v) is 6.68. The van der Waals surface area contributed by atoms with Gasteiger partial charge < -0.3 is 10.6 Å². The van der Waals surface area contributed by atoms with Gasteiger partial charge in [-0.3, -0.25) is 9.69 Å². The van der Waals surface area contributed by atoms with Crippen molar-refractivity contribution in [1.82, 2.24) is 24.6 Å². The molecule has 2 aliphatic heterocycles. The Morgan fingerprint density at radius 2 is 2.11 bits per heavy atom. The molecule has 3 aromatic rings. The summed E-state index contributed by atoms with van der Waals surface area (Å²) in [6, 6.07) is 8.13. The van der Waals surface area contributed by atoms with E-state index in [0.29, 0.717) is 45.6 Å². The van der Waals surface area contributed by atoms with Gasteiger partial charge in [-0.1, -0.05) is 36.2 Å². The summed E-state index contributed by atoms with van der Waals surface area (Å²) in [5.74, 6) is 0.969. The fourth-order valence-electron chi connectivity index (χ4n) is 6.12. The average molecular weight is 556 g/mol. The van der Waals surface area contributed by atoms with Gasteiger partial charge in [-0.15, -0.1) is 0 Å². The standard InChI is InChI=1S/C27H32Cl2N8O/c1-16-15-35(11-9-23(16)36-10-3-4-19(36)6-8-24(31)38)25-14-32-26-22(13-30)34-37(27(26)33-25)17(2)20-7-5-18(28)12-21(20)29/h5,7,12,14,16-17,19,23H,3-4,6,8-11,15H2,1-2H3,(H2,31,38). The second kappa shape index (κ2) is 11.0. The van der Waals surface area contributed by atoms with Crippen LogP contribution in [0.5, 0.6) is 0 Å². The Balaban J connectivity index is 1.38. The number of aromatic nitrogens is 4. The van der Waals surface area contributed by atoms with Crippen LogP contribution in [0.3, 0.4) is 0 Å². The highest BCUT2D eigenvalue weighted by Crippen LogP contribution is 2.34. The zero-order valence-electron chi connectivity index (χ0n) is 21.6. The van der Waals surface area contributed by atoms with E-state index in [2.05, 4.69) is 32.9 Å². The average Bonchev–Trinajstić information content (AvgIpc) is 3.51. The van der Waals surface area contributed by atoms with Crippen molar-refractivity contribution in [2.45, 2.75) is 64.1 Å². The second-order valence-corrected chi connectivity index (χ2v) is 11.3. The number of hydrogen-bond donors (Lipinski definition) is 1. The Morgan fingerprint density at radius 3 is 2.82 bits per heavy atom. The molecule has 9 nitrogen and oxygen atoms in total. The highest BCUT2D eigenvalue weighted by molar-refractivity contribution is 6.35. The lowest BCUT2D eigenvalue weighted by Gasteiger charge is -2.43. The molecule has 0 bridgehead atoms. The maximum Gasteiger partial charge on any atom is 0.217 e. The summed E-state index contributed by atoms with van der Waals surface area (Å²) in [5.41, 5.74) is 7.52. The number of piperidine rings is 1. The lowest BCUT2D eigenvalue weighted by atomic mass is 9.91. The molecule has 4 unspecified atom stereocenters. The predicted octanol–water partition coefficient (Wildman–Crippen LogP) is 4.56. The quantitative estimate of drug-likeness (QED) is 0.454. The zero-order chi connectivity index (χ0) is 27.0. The number of nitrogens with two attached hydrogens (primary N) is 1. The van der Waals surface area contributed by atoms with Crippen molar-refractivity contribution >= 4 is 46.1 Å². The van der Waals surface area contributed by atoms with Crippen molar-refractivity contribution in [3.8, 4) is 6.07 Å². The van der Waals surface area contributed by atoms with Crippen LogP contribution in [0, 0.1) is 17.2 Å². The van der Waals surface area contributed by atoms with E-state index in [1.165, 1.54) is 6.42 Å². The van der Waals surface area contributed by atoms with Crippen LogP contribution < -0.4 is 10.6 Å². The van der Waals surface area contributed by atoms with Crippen molar-refractivity contribution in [3.63, 3.8) is 0 Å². The predicted molar refractivity (Wildman–Crippen MR) is 148 cm³/mol. The van der Waals surface area contributed by atoms with Crippen LogP contribution in [-0.4, -0.2) is 62.3 Å². The third kappa shape index (κ3) is 5.18. The zero-order valence-corrected chi connectivity index (χ0v) is 23.2. The van der Waals surface area contributed by atoms with Gasteiger partial charge in [-0.05, 0) is 62.8 Å². The molecule has 0 radical (unpaired) electrons. The van der Waals surface area contributed by atoms with Crippen LogP contribution in [0.25, 0.3) is 11.2 Å². The molecule has 0 saturated carbocycles. The Morgan fingerprint density at radius 1 is 1.29 bits per heavy atom. The first-order valence-corrected chi connectivity index (χ1v) is 13.9. The second-order valence-electron chi connectivity index (χ2n) is 10.5. The summed E-state index contributed by atoms with van der Waals surface area (Å²) >= 11 is 12.6. The van der Waals surface area contributed by atoms with E-state index in [1.807, 2.05) is 13.0 Å². The minimum Gasteiger partial charge on any atom is -0.370 e. The van der Waals surface area contributed by atoms with Crippen LogP contribution in [0.1, 0.15) is 63.3 Å². The molecule has 11 heteroatoms. The topological polar surface area (TPSA) is 117 Å². The number of primary amides is 1. The van der Waals surface area contributed by atoms with Gasteiger partial charge in [-0.25, -0.2) is 14.6 Å². The number of fused-ring (bicyclic) bond motifs is 1. The molecule has 0 aliphatic carbocycles. The Kier molecular flexibility index (Phi) is 7.75. The van der Waals surface area contributed by atoms with Crippen LogP contribution in [0.15, 0.2) is 24.4 Å². The minimum absolute atomic E-state index is 0.222. The van der Waals surface area contributed by atoms with Crippen molar-refractivity contribution in [2.24, 2.45) is 11.7 Å². The van der Waals surface area contributed by atoms with Crippen molar-refractivity contribution in [3.05, 3.63) is 45.7 Å². The van der Waals surface area contributed by atoms with Crippen molar-refractivity contribution < 1.29 is 4.79 Å². The van der Waals surface area contributed by atoms with E-state index in [-0.39, 0.29) is 17.6 Å². The number of amides is 1. The Hall–Kier alpha value is -2.93. The lowest BCUT2D eigenvalue weighted by Crippen LogP contribution is -2.52. The van der Waals surface area contributed by atoms with Gasteiger partial charge in [0.15, 0.2) is 11.3 Å². The smallest absolute Gasteiger partial charge is 0.217 e. The molecule has 1 amide bonds. The van der Waals surface area contributed by atoms with Crippen LogP contribution in [0.4, 0.5) is 5.82 Å². The van der Waals surface area contributed by atoms with E-state index in [1.54, 1.807) is 23.0 Å². The van der Waals surface area contributed by atoms with E-state index in [4.69, 9.17) is 33.9 Å². The maximum absolute atomic E-state index is 11.3. The third-order valence-corrected chi connectivity index (χ3v) is 8.59. The van der Waals surface area contributed by atoms with Crippen LogP contribution in [0.2, 0.25) is 10.0 Å². The summed E-state index contributed by atoms with van der Waals surface area (Å²) in [5, 5.41) is 15.3. The fraction of sp³-hybridized carbons (Fsp3) is 0.519. The molecule has 0 spiro atoms. The number of benzene rings is 1. The number of nitrogens with zero attached hydrogens (tertiary/aromatic N) is 7. The number of hydrogen-bond acceptors (Lipinski definition) is 7. The molecule has 1 aromatic carbocycles. The molecule has 2 aliphatic rings. The number of carbonyl (C=O) groups is 1. The van der Waals surface area contributed by atoms with Gasteiger partial charge in [0.05, 0.1) is 12.2 Å². The van der Waals surface area contributed by atoms with Gasteiger partial charge >= 0.3 is 0 Å². The summed E-state index contributed by atoms with van der Waals surface area (Å²) in [7, 11) is 0. The number of carbonyl (C=O) groups excluding carboxylic acids is 1. The maximum atomic E-state index is 11.3. The summed E-state index contributed by atoms with van der Waals surface area (Å²) < 4.78 is 1.73. The molecule has 38 heavy (non-hydrogen) atoms. The first-order chi connectivity index (χ1) is 18.3. The highest BCUT2D eigenvalue weighted by atomic mass is 35.5. The largest absolute Gasteiger partial charge is 0.370 e. The molecule has 2 aromatic heterocycles. The molecular weight excluding hydrogens is 523 g/mol. The number of likely N-dealkylation sites (tertiary alicyclic amines) is 1. The Bertz CT molecular complexity index is 1390. The van der Waals surface area contributed by atoms with Crippen molar-refractivity contribution in [1.29, 1.82) is 5.26 Å². The molecule has 2 N–H and O–H groups in total.